The van der Waals surface area contributed by atoms with Gasteiger partial charge in [0.1, 0.15) is 11.9 Å². The minimum atomic E-state index is -0.639. The molecule has 3 aromatic carbocycles. The highest BCUT2D eigenvalue weighted by molar-refractivity contribution is 7.99. The summed E-state index contributed by atoms with van der Waals surface area (Å²) in [5.74, 6) is 0.308. The van der Waals surface area contributed by atoms with Crippen LogP contribution in [0.1, 0.15) is 42.5 Å². The molecule has 0 aliphatic carbocycles. The molecule has 0 aromatic heterocycles. The van der Waals surface area contributed by atoms with Crippen molar-refractivity contribution in [3.63, 3.8) is 0 Å². The van der Waals surface area contributed by atoms with Crippen LogP contribution in [0.15, 0.2) is 78.9 Å². The molecule has 0 aliphatic rings. The number of hydrogen-bond acceptors (Lipinski definition) is 3. The van der Waals surface area contributed by atoms with Gasteiger partial charge in [0, 0.05) is 24.8 Å². The van der Waals surface area contributed by atoms with Crippen LogP contribution < -0.4 is 5.32 Å². The predicted molar refractivity (Wildman–Crippen MR) is 146 cm³/mol. The monoisotopic (exact) mass is 506 g/mol. The Morgan fingerprint density at radius 3 is 2.28 bits per heavy atom. The summed E-state index contributed by atoms with van der Waals surface area (Å²) >= 11 is 1.47. The summed E-state index contributed by atoms with van der Waals surface area (Å²) < 4.78 is 13.2. The number of carbonyl (C=O) groups is 2. The van der Waals surface area contributed by atoms with Crippen molar-refractivity contribution in [3.05, 3.63) is 107 Å². The van der Waals surface area contributed by atoms with E-state index in [0.29, 0.717) is 18.7 Å². The highest BCUT2D eigenvalue weighted by Crippen LogP contribution is 2.20. The number of nitrogens with one attached hydrogen (secondary N) is 1. The number of amides is 2. The first kappa shape index (κ1) is 27.5. The Hall–Kier alpha value is -3.12. The maximum Gasteiger partial charge on any atom is 0.243 e. The molecule has 6 heteroatoms. The SMILES string of the molecule is CC[C@H](C)NC(=O)[C@H](Cc1ccccc1)N(Cc1ccccc1C)C(=O)CSCc1ccc(F)cc1. The van der Waals surface area contributed by atoms with Gasteiger partial charge in [-0.1, -0.05) is 73.7 Å². The summed E-state index contributed by atoms with van der Waals surface area (Å²) in [6, 6.07) is 23.5. The van der Waals surface area contributed by atoms with Crippen LogP contribution in [0.25, 0.3) is 0 Å². The molecule has 0 spiro atoms. The standard InChI is InChI=1S/C30H35FN2O2S/c1-4-23(3)32-30(35)28(18-24-11-6-5-7-12-24)33(19-26-13-9-8-10-22(26)2)29(34)21-36-20-25-14-16-27(31)17-15-25/h5-17,23,28H,4,18-21H2,1-3H3,(H,32,35)/t23-,28-/m0/s1. The van der Waals surface area contributed by atoms with E-state index >= 15 is 0 Å². The second-order valence-electron chi connectivity index (χ2n) is 9.09. The Morgan fingerprint density at radius 1 is 0.944 bits per heavy atom. The maximum atomic E-state index is 13.7. The summed E-state index contributed by atoms with van der Waals surface area (Å²) in [5.41, 5.74) is 4.05. The van der Waals surface area contributed by atoms with Gasteiger partial charge in [0.15, 0.2) is 0 Å². The first-order valence-electron chi connectivity index (χ1n) is 12.4. The number of benzene rings is 3. The van der Waals surface area contributed by atoms with Crippen LogP contribution in [0, 0.1) is 12.7 Å². The van der Waals surface area contributed by atoms with Gasteiger partial charge in [-0.05, 0) is 54.7 Å². The molecule has 2 atom stereocenters. The lowest BCUT2D eigenvalue weighted by molar-refractivity contribution is -0.139. The summed E-state index contributed by atoms with van der Waals surface area (Å²) in [4.78, 5) is 28.9. The van der Waals surface area contributed by atoms with Gasteiger partial charge in [-0.3, -0.25) is 9.59 Å². The van der Waals surface area contributed by atoms with Gasteiger partial charge in [-0.15, -0.1) is 11.8 Å². The van der Waals surface area contributed by atoms with Crippen molar-refractivity contribution in [1.82, 2.24) is 10.2 Å². The van der Waals surface area contributed by atoms with Crippen LogP contribution in [0.4, 0.5) is 4.39 Å². The van der Waals surface area contributed by atoms with Crippen molar-refractivity contribution in [3.8, 4) is 0 Å². The summed E-state index contributed by atoms with van der Waals surface area (Å²) in [6.07, 6.45) is 1.24. The predicted octanol–water partition coefficient (Wildman–Crippen LogP) is 5.92. The highest BCUT2D eigenvalue weighted by atomic mass is 32.2. The quantitative estimate of drug-likeness (QED) is 0.332. The fourth-order valence-electron chi connectivity index (χ4n) is 3.89. The Labute approximate surface area is 218 Å². The van der Waals surface area contributed by atoms with Crippen LogP contribution >= 0.6 is 11.8 Å². The molecule has 190 valence electrons. The molecule has 3 rings (SSSR count). The number of hydrogen-bond donors (Lipinski definition) is 1. The van der Waals surface area contributed by atoms with E-state index in [1.165, 1.54) is 23.9 Å². The lowest BCUT2D eigenvalue weighted by Gasteiger charge is -2.32. The van der Waals surface area contributed by atoms with Gasteiger partial charge in [0.05, 0.1) is 5.75 Å². The van der Waals surface area contributed by atoms with Crippen LogP contribution in [0.3, 0.4) is 0 Å². The number of halogens is 1. The molecule has 0 saturated carbocycles. The van der Waals surface area contributed by atoms with Crippen molar-refractivity contribution < 1.29 is 14.0 Å². The summed E-state index contributed by atoms with van der Waals surface area (Å²) in [5, 5.41) is 3.10. The molecule has 0 saturated heterocycles. The number of aryl methyl sites for hydroxylation is 1. The van der Waals surface area contributed by atoms with Gasteiger partial charge in [0.25, 0.3) is 0 Å². The number of nitrogens with zero attached hydrogens (tertiary/aromatic N) is 1. The van der Waals surface area contributed by atoms with E-state index in [1.54, 1.807) is 17.0 Å². The lowest BCUT2D eigenvalue weighted by Crippen LogP contribution is -2.52. The van der Waals surface area contributed by atoms with Crippen molar-refractivity contribution in [2.45, 2.75) is 58.0 Å². The lowest BCUT2D eigenvalue weighted by atomic mass is 10.0. The molecule has 36 heavy (non-hydrogen) atoms. The van der Waals surface area contributed by atoms with Crippen LogP contribution in [0.5, 0.6) is 0 Å². The van der Waals surface area contributed by atoms with Crippen molar-refractivity contribution in [1.29, 1.82) is 0 Å². The fourth-order valence-corrected chi connectivity index (χ4v) is 4.76. The fraction of sp³-hybridized carbons (Fsp3) is 0.333. The average molecular weight is 507 g/mol. The zero-order valence-electron chi connectivity index (χ0n) is 21.2. The Bertz CT molecular complexity index is 1120. The van der Waals surface area contributed by atoms with E-state index in [4.69, 9.17) is 0 Å². The molecule has 0 heterocycles. The molecular weight excluding hydrogens is 471 g/mol. The van der Waals surface area contributed by atoms with Gasteiger partial charge in [0.2, 0.25) is 11.8 Å². The topological polar surface area (TPSA) is 49.4 Å². The molecule has 1 N–H and O–H groups in total. The Balaban J connectivity index is 1.86. The van der Waals surface area contributed by atoms with E-state index in [0.717, 1.165) is 28.7 Å². The largest absolute Gasteiger partial charge is 0.352 e. The first-order chi connectivity index (χ1) is 17.4. The highest BCUT2D eigenvalue weighted by Gasteiger charge is 2.31. The average Bonchev–Trinajstić information content (AvgIpc) is 2.88. The molecule has 0 aliphatic heterocycles. The zero-order chi connectivity index (χ0) is 25.9. The third kappa shape index (κ3) is 8.23. The maximum absolute atomic E-state index is 13.7. The summed E-state index contributed by atoms with van der Waals surface area (Å²) in [7, 11) is 0. The van der Waals surface area contributed by atoms with Gasteiger partial charge in [-0.2, -0.15) is 0 Å². The molecular formula is C30H35FN2O2S. The van der Waals surface area contributed by atoms with Crippen LogP contribution in [-0.2, 0) is 28.3 Å². The van der Waals surface area contributed by atoms with E-state index in [9.17, 15) is 14.0 Å². The molecule has 4 nitrogen and oxygen atoms in total. The van der Waals surface area contributed by atoms with Gasteiger partial charge >= 0.3 is 0 Å². The minimum absolute atomic E-state index is 0.0130. The van der Waals surface area contributed by atoms with Crippen LogP contribution in [-0.4, -0.2) is 34.6 Å². The minimum Gasteiger partial charge on any atom is -0.352 e. The second-order valence-corrected chi connectivity index (χ2v) is 10.1. The molecule has 0 radical (unpaired) electrons. The first-order valence-corrected chi connectivity index (χ1v) is 13.5. The normalized spacial score (nSPS) is 12.6. The third-order valence-electron chi connectivity index (χ3n) is 6.28. The Morgan fingerprint density at radius 2 is 1.61 bits per heavy atom. The van der Waals surface area contributed by atoms with E-state index in [2.05, 4.69) is 5.32 Å². The van der Waals surface area contributed by atoms with Crippen molar-refractivity contribution >= 4 is 23.6 Å². The number of carbonyl (C=O) groups excluding carboxylic acids is 2. The third-order valence-corrected chi connectivity index (χ3v) is 7.27. The molecule has 0 unspecified atom stereocenters. The molecule has 0 bridgehead atoms. The van der Waals surface area contributed by atoms with Gasteiger partial charge in [-0.25, -0.2) is 4.39 Å². The number of rotatable bonds is 12. The molecule has 3 aromatic rings. The van der Waals surface area contributed by atoms with E-state index in [-0.39, 0.29) is 29.4 Å². The van der Waals surface area contributed by atoms with Crippen LogP contribution in [0.2, 0.25) is 0 Å². The Kier molecular flexibility index (Phi) is 10.6. The van der Waals surface area contributed by atoms with E-state index < -0.39 is 6.04 Å². The second kappa shape index (κ2) is 13.8. The van der Waals surface area contributed by atoms with E-state index in [1.807, 2.05) is 75.4 Å². The number of thioether (sulfide) groups is 1. The molecule has 0 fully saturated rings. The smallest absolute Gasteiger partial charge is 0.243 e. The van der Waals surface area contributed by atoms with Crippen molar-refractivity contribution in [2.24, 2.45) is 0 Å². The van der Waals surface area contributed by atoms with Crippen molar-refractivity contribution in [2.75, 3.05) is 5.75 Å². The van der Waals surface area contributed by atoms with Gasteiger partial charge < -0.3 is 10.2 Å². The zero-order valence-corrected chi connectivity index (χ0v) is 22.1. The molecule has 2 amide bonds. The summed E-state index contributed by atoms with van der Waals surface area (Å²) in [6.45, 7) is 6.38.